The van der Waals surface area contributed by atoms with Crippen molar-refractivity contribution in [1.82, 2.24) is 10.3 Å². The zero-order valence-electron chi connectivity index (χ0n) is 12.3. The van der Waals surface area contributed by atoms with Gasteiger partial charge in [0.25, 0.3) is 0 Å². The van der Waals surface area contributed by atoms with Crippen LogP contribution in [0.15, 0.2) is 24.3 Å². The molecule has 0 radical (unpaired) electrons. The van der Waals surface area contributed by atoms with Gasteiger partial charge in [-0.15, -0.1) is 0 Å². The molecule has 1 amide bonds. The number of hydrogen-bond donors (Lipinski definition) is 1. The molecule has 112 valence electrons. The van der Waals surface area contributed by atoms with Crippen molar-refractivity contribution in [3.63, 3.8) is 0 Å². The van der Waals surface area contributed by atoms with Crippen LogP contribution >= 0.6 is 0 Å². The van der Waals surface area contributed by atoms with E-state index >= 15 is 0 Å². The number of ether oxygens (including phenoxy) is 1. The van der Waals surface area contributed by atoms with Crippen LogP contribution in [-0.4, -0.2) is 23.8 Å². The Morgan fingerprint density at radius 1 is 1.36 bits per heavy atom. The molecule has 2 rings (SSSR count). The van der Waals surface area contributed by atoms with E-state index < -0.39 is 0 Å². The van der Waals surface area contributed by atoms with E-state index in [4.69, 9.17) is 4.74 Å². The van der Waals surface area contributed by atoms with Crippen LogP contribution in [0, 0.1) is 11.3 Å². The number of nitrogens with one attached hydrogen (secondary N) is 1. The van der Waals surface area contributed by atoms with E-state index in [9.17, 15) is 14.9 Å². The molecule has 0 saturated heterocycles. The number of pyridine rings is 1. The summed E-state index contributed by atoms with van der Waals surface area (Å²) in [6.45, 7) is 1.50. The first-order chi connectivity index (χ1) is 10.5. The predicted molar refractivity (Wildman–Crippen MR) is 80.2 cm³/mol. The first-order valence-electron chi connectivity index (χ1n) is 6.67. The van der Waals surface area contributed by atoms with Gasteiger partial charge in [0.1, 0.15) is 23.3 Å². The Kier molecular flexibility index (Phi) is 4.69. The van der Waals surface area contributed by atoms with Gasteiger partial charge in [-0.2, -0.15) is 5.26 Å². The number of benzene rings is 1. The number of nitrogens with zero attached hydrogens (tertiary/aromatic N) is 2. The lowest BCUT2D eigenvalue weighted by Crippen LogP contribution is -2.25. The molecule has 0 bridgehead atoms. The summed E-state index contributed by atoms with van der Waals surface area (Å²) >= 11 is 0. The molecule has 0 saturated carbocycles. The number of Topliss-reactive ketones (excluding diaryl/α,β-unsaturated/α-hetero) is 1. The van der Waals surface area contributed by atoms with Gasteiger partial charge in [0.2, 0.25) is 5.91 Å². The van der Waals surface area contributed by atoms with Gasteiger partial charge in [-0.1, -0.05) is 0 Å². The molecule has 0 spiro atoms. The molecule has 6 heteroatoms. The molecule has 0 aliphatic heterocycles. The number of aromatic nitrogens is 1. The maximum atomic E-state index is 11.5. The van der Waals surface area contributed by atoms with Gasteiger partial charge < -0.3 is 10.1 Å². The van der Waals surface area contributed by atoms with Gasteiger partial charge in [-0.25, -0.2) is 4.98 Å². The van der Waals surface area contributed by atoms with Crippen molar-refractivity contribution in [1.29, 1.82) is 5.26 Å². The molecule has 1 aromatic heterocycles. The molecule has 0 fully saturated rings. The predicted octanol–water partition coefficient (Wildman–Crippen LogP) is 1.71. The van der Waals surface area contributed by atoms with Crippen molar-refractivity contribution >= 4 is 22.6 Å². The maximum Gasteiger partial charge on any atom is 0.227 e. The Morgan fingerprint density at radius 3 is 2.77 bits per heavy atom. The van der Waals surface area contributed by atoms with E-state index in [1.807, 2.05) is 12.1 Å². The number of carbonyl (C=O) groups excluding carboxylic acids is 2. The first-order valence-corrected chi connectivity index (χ1v) is 6.67. The fourth-order valence-electron chi connectivity index (χ4n) is 2.04. The van der Waals surface area contributed by atoms with Crippen LogP contribution in [0.4, 0.5) is 0 Å². The summed E-state index contributed by atoms with van der Waals surface area (Å²) in [5.74, 6) is 0.104. The number of nitriles is 1. The number of fused-ring (bicyclic) bond motifs is 1. The largest absolute Gasteiger partial charge is 0.497 e. The summed E-state index contributed by atoms with van der Waals surface area (Å²) < 4.78 is 5.16. The number of methoxy groups -OCH3 is 1. The molecule has 1 aromatic carbocycles. The average molecular weight is 297 g/mol. The van der Waals surface area contributed by atoms with E-state index in [0.29, 0.717) is 16.8 Å². The summed E-state index contributed by atoms with van der Waals surface area (Å²) in [5, 5.41) is 12.6. The van der Waals surface area contributed by atoms with Crippen molar-refractivity contribution in [2.45, 2.75) is 19.9 Å². The molecule has 2 aromatic rings. The number of hydrogen-bond acceptors (Lipinski definition) is 5. The maximum absolute atomic E-state index is 11.5. The zero-order valence-corrected chi connectivity index (χ0v) is 12.3. The highest BCUT2D eigenvalue weighted by molar-refractivity contribution is 5.96. The van der Waals surface area contributed by atoms with Crippen molar-refractivity contribution in [3.8, 4) is 11.8 Å². The van der Waals surface area contributed by atoms with Crippen LogP contribution < -0.4 is 10.1 Å². The minimum absolute atomic E-state index is 0.148. The van der Waals surface area contributed by atoms with E-state index in [0.717, 1.165) is 5.39 Å². The summed E-state index contributed by atoms with van der Waals surface area (Å²) in [6.07, 6.45) is -0.170. The lowest BCUT2D eigenvalue weighted by molar-refractivity contribution is -0.127. The monoisotopic (exact) mass is 297 g/mol. The highest BCUT2D eigenvalue weighted by Gasteiger charge is 2.10. The van der Waals surface area contributed by atoms with Crippen LogP contribution in [-0.2, 0) is 16.1 Å². The van der Waals surface area contributed by atoms with Crippen LogP contribution in [0.5, 0.6) is 5.75 Å². The van der Waals surface area contributed by atoms with E-state index in [1.165, 1.54) is 6.92 Å². The second-order valence-electron chi connectivity index (χ2n) is 4.82. The number of ketones is 1. The lowest BCUT2D eigenvalue weighted by Gasteiger charge is -2.08. The van der Waals surface area contributed by atoms with Gasteiger partial charge in [0.05, 0.1) is 19.0 Å². The molecule has 22 heavy (non-hydrogen) atoms. The molecule has 0 aliphatic rings. The van der Waals surface area contributed by atoms with Crippen molar-refractivity contribution < 1.29 is 14.3 Å². The van der Waals surface area contributed by atoms with Crippen LogP contribution in [0.1, 0.15) is 24.6 Å². The van der Waals surface area contributed by atoms with E-state index in [-0.39, 0.29) is 30.3 Å². The summed E-state index contributed by atoms with van der Waals surface area (Å²) in [5.41, 5.74) is 1.53. The minimum Gasteiger partial charge on any atom is -0.497 e. The average Bonchev–Trinajstić information content (AvgIpc) is 2.50. The Balaban J connectivity index is 2.29. The van der Waals surface area contributed by atoms with Crippen LogP contribution in [0.3, 0.4) is 0 Å². The zero-order chi connectivity index (χ0) is 16.1. The Bertz CT molecular complexity index is 778. The fourth-order valence-corrected chi connectivity index (χ4v) is 2.04. The van der Waals surface area contributed by atoms with E-state index in [1.54, 1.807) is 25.3 Å². The summed E-state index contributed by atoms with van der Waals surface area (Å²) in [4.78, 5) is 26.7. The highest BCUT2D eigenvalue weighted by Crippen LogP contribution is 2.21. The standard InChI is InChI=1S/C16H15N3O3/c1-10(20)5-16(21)18-9-12-6-11-7-13(22-2)3-4-14(11)19-15(12)8-17/h3-4,6-7H,5,9H2,1-2H3,(H,18,21). The molecule has 0 unspecified atom stereocenters. The topological polar surface area (TPSA) is 92.1 Å². The van der Waals surface area contributed by atoms with Crippen molar-refractivity contribution in [2.24, 2.45) is 0 Å². The summed E-state index contributed by atoms with van der Waals surface area (Å²) in [6, 6.07) is 9.16. The summed E-state index contributed by atoms with van der Waals surface area (Å²) in [7, 11) is 1.57. The first kappa shape index (κ1) is 15.4. The third-order valence-electron chi connectivity index (χ3n) is 3.09. The van der Waals surface area contributed by atoms with E-state index in [2.05, 4.69) is 10.3 Å². The van der Waals surface area contributed by atoms with Crippen LogP contribution in [0.2, 0.25) is 0 Å². The second-order valence-corrected chi connectivity index (χ2v) is 4.82. The third-order valence-corrected chi connectivity index (χ3v) is 3.09. The smallest absolute Gasteiger partial charge is 0.227 e. The van der Waals surface area contributed by atoms with Gasteiger partial charge in [0.15, 0.2) is 0 Å². The number of rotatable bonds is 5. The Hall–Kier alpha value is -2.94. The Labute approximate surface area is 127 Å². The second kappa shape index (κ2) is 6.68. The molecule has 0 atom stereocenters. The molecule has 0 aliphatic carbocycles. The molecule has 1 N–H and O–H groups in total. The fraction of sp³-hybridized carbons (Fsp3) is 0.250. The number of amides is 1. The Morgan fingerprint density at radius 2 is 2.14 bits per heavy atom. The minimum atomic E-state index is -0.373. The van der Waals surface area contributed by atoms with Crippen molar-refractivity contribution in [3.05, 3.63) is 35.5 Å². The van der Waals surface area contributed by atoms with Gasteiger partial charge in [-0.05, 0) is 31.2 Å². The molecule has 1 heterocycles. The SMILES string of the molecule is COc1ccc2nc(C#N)c(CNC(=O)CC(C)=O)cc2c1. The van der Waals surface area contributed by atoms with Gasteiger partial charge in [-0.3, -0.25) is 9.59 Å². The quantitative estimate of drug-likeness (QED) is 0.848. The molecular formula is C16H15N3O3. The van der Waals surface area contributed by atoms with Gasteiger partial charge >= 0.3 is 0 Å². The van der Waals surface area contributed by atoms with Gasteiger partial charge in [0, 0.05) is 17.5 Å². The normalized spacial score (nSPS) is 10.0. The lowest BCUT2D eigenvalue weighted by atomic mass is 10.1. The van der Waals surface area contributed by atoms with Crippen LogP contribution in [0.25, 0.3) is 10.9 Å². The molecule has 6 nitrogen and oxygen atoms in total. The third kappa shape index (κ3) is 3.58. The van der Waals surface area contributed by atoms with Crippen molar-refractivity contribution in [2.75, 3.05) is 7.11 Å². The molecular weight excluding hydrogens is 282 g/mol. The highest BCUT2D eigenvalue weighted by atomic mass is 16.5. The number of carbonyl (C=O) groups is 2.